The van der Waals surface area contributed by atoms with E-state index in [0.717, 1.165) is 6.08 Å². The van der Waals surface area contributed by atoms with Crippen LogP contribution in [0.1, 0.15) is 19.3 Å². The number of nitriles is 2. The summed E-state index contributed by atoms with van der Waals surface area (Å²) in [5.41, 5.74) is 0. The van der Waals surface area contributed by atoms with Gasteiger partial charge in [-0.15, -0.1) is 0 Å². The second kappa shape index (κ2) is 13.9. The lowest BCUT2D eigenvalue weighted by atomic mass is 10.1. The van der Waals surface area contributed by atoms with Gasteiger partial charge in [-0.3, -0.25) is 0 Å². The Morgan fingerprint density at radius 3 is 2.36 bits per heavy atom. The Balaban J connectivity index is 4.54. The van der Waals surface area contributed by atoms with Crippen LogP contribution in [0.2, 0.25) is 0 Å². The van der Waals surface area contributed by atoms with Crippen LogP contribution in [0.5, 0.6) is 0 Å². The number of aliphatic imine (C=N–C) groups is 2. The van der Waals surface area contributed by atoms with Crippen molar-refractivity contribution in [2.24, 2.45) is 9.98 Å². The summed E-state index contributed by atoms with van der Waals surface area (Å²) >= 11 is 0. The van der Waals surface area contributed by atoms with E-state index in [0.29, 0.717) is 0 Å². The van der Waals surface area contributed by atoms with E-state index >= 15 is 0 Å². The average Bonchev–Trinajstić information content (AvgIpc) is 2.60. The molecular weight excluding hydrogens is 340 g/mol. The summed E-state index contributed by atoms with van der Waals surface area (Å²) in [4.78, 5) is 49.7. The van der Waals surface area contributed by atoms with Gasteiger partial charge in [0.25, 0.3) is 12.5 Å². The Labute approximate surface area is 141 Å². The zero-order chi connectivity index (χ0) is 18.9. The van der Waals surface area contributed by atoms with Crippen molar-refractivity contribution in [3.63, 3.8) is 0 Å². The molecule has 0 aliphatic rings. The highest BCUT2D eigenvalue weighted by atomic mass is 16.7. The minimum Gasteiger partial charge on any atom is -0.440 e. The topological polar surface area (TPSA) is 177 Å². The third-order valence-electron chi connectivity index (χ3n) is 2.54. The Kier molecular flexibility index (Phi) is 11.8. The minimum atomic E-state index is -1.29. The fourth-order valence-corrected chi connectivity index (χ4v) is 1.51. The zero-order valence-electron chi connectivity index (χ0n) is 12.7. The van der Waals surface area contributed by atoms with Crippen molar-refractivity contribution < 1.29 is 38.1 Å². The van der Waals surface area contributed by atoms with Crippen molar-refractivity contribution in [1.29, 1.82) is 10.5 Å². The summed E-state index contributed by atoms with van der Waals surface area (Å²) in [6.07, 6.45) is 3.71. The number of carbonyl (C=O) groups is 2. The molecule has 0 aromatic rings. The maximum Gasteiger partial charge on any atom is 0.351 e. The molecule has 0 fully saturated rings. The highest BCUT2D eigenvalue weighted by Crippen LogP contribution is 2.12. The van der Waals surface area contributed by atoms with Gasteiger partial charge in [0.1, 0.15) is 0 Å². The lowest BCUT2D eigenvalue weighted by Gasteiger charge is -2.13. The monoisotopic (exact) mass is 352 g/mol. The Morgan fingerprint density at radius 1 is 1.00 bits per heavy atom. The summed E-state index contributed by atoms with van der Waals surface area (Å²) in [6.45, 7) is -1.21. The van der Waals surface area contributed by atoms with Crippen LogP contribution in [0.15, 0.2) is 9.98 Å². The first-order chi connectivity index (χ1) is 12.1. The van der Waals surface area contributed by atoms with Crippen LogP contribution in [0.3, 0.4) is 0 Å². The number of nitrogens with zero attached hydrogens (tertiary/aromatic N) is 4. The van der Waals surface area contributed by atoms with Crippen LogP contribution in [-0.2, 0) is 38.1 Å². The van der Waals surface area contributed by atoms with Gasteiger partial charge in [0.2, 0.25) is 25.1 Å². The van der Waals surface area contributed by atoms with Crippen molar-refractivity contribution in [2.45, 2.75) is 31.4 Å². The van der Waals surface area contributed by atoms with Crippen LogP contribution in [0.4, 0.5) is 0 Å². The quantitative estimate of drug-likeness (QED) is 0.112. The fraction of sp³-hybridized carbons (Fsp3) is 0.538. The van der Waals surface area contributed by atoms with Crippen LogP contribution >= 0.6 is 0 Å². The van der Waals surface area contributed by atoms with Gasteiger partial charge in [0, 0.05) is 0 Å². The molecule has 2 unspecified atom stereocenters. The number of hydrogen-bond donors (Lipinski definition) is 0. The van der Waals surface area contributed by atoms with Crippen LogP contribution in [0.25, 0.3) is 0 Å². The molecule has 0 rings (SSSR count). The molecule has 0 saturated heterocycles. The maximum absolute atomic E-state index is 11.6. The molecule has 0 N–H and O–H groups in total. The summed E-state index contributed by atoms with van der Waals surface area (Å²) in [5, 5.41) is 16.7. The summed E-state index contributed by atoms with van der Waals surface area (Å²) in [5.74, 6) is -1.87. The first-order valence-electron chi connectivity index (χ1n) is 6.60. The highest BCUT2D eigenvalue weighted by Gasteiger charge is 2.24. The number of esters is 2. The average molecular weight is 352 g/mol. The maximum atomic E-state index is 11.6. The molecule has 0 aliphatic carbocycles. The molecule has 25 heavy (non-hydrogen) atoms. The molecule has 0 amide bonds. The molecule has 0 aromatic heterocycles. The zero-order valence-corrected chi connectivity index (χ0v) is 12.7. The Bertz CT molecular complexity index is 625. The van der Waals surface area contributed by atoms with Crippen molar-refractivity contribution >= 4 is 24.1 Å². The summed E-state index contributed by atoms with van der Waals surface area (Å²) < 4.78 is 17.8. The first kappa shape index (κ1) is 21.3. The van der Waals surface area contributed by atoms with Crippen LogP contribution < -0.4 is 0 Å². The van der Waals surface area contributed by atoms with Crippen LogP contribution in [-0.4, -0.2) is 49.8 Å². The SMILES string of the molecule is N#COCOC(=O)C(CCCC(N=C=O)C(=O)OCN=C=O)OC#N. The fourth-order valence-electron chi connectivity index (χ4n) is 1.51. The molecule has 0 aromatic carbocycles. The molecule has 0 bridgehead atoms. The molecular formula is C13H12N4O8. The highest BCUT2D eigenvalue weighted by molar-refractivity contribution is 5.77. The van der Waals surface area contributed by atoms with Gasteiger partial charge in [-0.1, -0.05) is 0 Å². The second-order valence-electron chi connectivity index (χ2n) is 4.02. The third kappa shape index (κ3) is 9.81. The number of hydrogen-bond acceptors (Lipinski definition) is 12. The van der Waals surface area contributed by atoms with Gasteiger partial charge in [0.15, 0.2) is 12.8 Å². The third-order valence-corrected chi connectivity index (χ3v) is 2.54. The van der Waals surface area contributed by atoms with Gasteiger partial charge < -0.3 is 18.9 Å². The Hall–Kier alpha value is -3.72. The molecule has 0 radical (unpaired) electrons. The normalized spacial score (nSPS) is 11.1. The van der Waals surface area contributed by atoms with E-state index in [9.17, 15) is 19.2 Å². The summed E-state index contributed by atoms with van der Waals surface area (Å²) in [7, 11) is 0. The van der Waals surface area contributed by atoms with Crippen molar-refractivity contribution in [3.05, 3.63) is 0 Å². The van der Waals surface area contributed by atoms with E-state index in [1.54, 1.807) is 0 Å². The van der Waals surface area contributed by atoms with Gasteiger partial charge in [-0.25, -0.2) is 19.2 Å². The van der Waals surface area contributed by atoms with Gasteiger partial charge in [-0.05, 0) is 19.3 Å². The van der Waals surface area contributed by atoms with Gasteiger partial charge in [0.05, 0.1) is 0 Å². The number of isocyanates is 2. The van der Waals surface area contributed by atoms with E-state index in [1.165, 1.54) is 18.6 Å². The predicted molar refractivity (Wildman–Crippen MR) is 73.0 cm³/mol. The number of carbonyl (C=O) groups excluding carboxylic acids is 4. The molecule has 12 nitrogen and oxygen atoms in total. The van der Waals surface area contributed by atoms with Gasteiger partial charge in [-0.2, -0.15) is 20.5 Å². The molecule has 0 heterocycles. The molecule has 0 spiro atoms. The molecule has 0 saturated carbocycles. The second-order valence-corrected chi connectivity index (χ2v) is 4.02. The number of ether oxygens (including phenoxy) is 4. The lowest BCUT2D eigenvalue weighted by Crippen LogP contribution is -2.27. The molecule has 0 aliphatic heterocycles. The van der Waals surface area contributed by atoms with E-state index in [-0.39, 0.29) is 19.3 Å². The largest absolute Gasteiger partial charge is 0.440 e. The van der Waals surface area contributed by atoms with E-state index < -0.39 is 37.6 Å². The van der Waals surface area contributed by atoms with Gasteiger partial charge >= 0.3 is 11.9 Å². The first-order valence-corrected chi connectivity index (χ1v) is 6.60. The smallest absolute Gasteiger partial charge is 0.351 e. The van der Waals surface area contributed by atoms with E-state index in [2.05, 4.69) is 28.9 Å². The van der Waals surface area contributed by atoms with Crippen molar-refractivity contribution in [2.75, 3.05) is 13.5 Å². The van der Waals surface area contributed by atoms with E-state index in [1.807, 2.05) is 0 Å². The van der Waals surface area contributed by atoms with Crippen molar-refractivity contribution in [3.8, 4) is 12.5 Å². The molecule has 12 heteroatoms. The van der Waals surface area contributed by atoms with E-state index in [4.69, 9.17) is 10.5 Å². The lowest BCUT2D eigenvalue weighted by molar-refractivity contribution is -0.162. The molecule has 132 valence electrons. The Morgan fingerprint density at radius 2 is 1.76 bits per heavy atom. The number of rotatable bonds is 12. The molecule has 2 atom stereocenters. The van der Waals surface area contributed by atoms with Crippen molar-refractivity contribution in [1.82, 2.24) is 0 Å². The standard InChI is InChI=1S/C13H12N4O8/c14-4-22-9-25-13(21)11(23-5-15)3-1-2-10(17-7-19)12(20)24-8-16-6-18/h10-11H,1-3,8-9H2. The van der Waals surface area contributed by atoms with Crippen LogP contribution in [0, 0.1) is 23.0 Å². The summed E-state index contributed by atoms with van der Waals surface area (Å²) in [6, 6.07) is -1.22. The minimum absolute atomic E-state index is 0.0356. The predicted octanol–water partition coefficient (Wildman–Crippen LogP) is -0.438.